The van der Waals surface area contributed by atoms with Gasteiger partial charge in [-0.15, -0.1) is 11.3 Å². The number of anilines is 1. The largest absolute Gasteiger partial charge is 0.481 e. The molecule has 0 spiro atoms. The maximum atomic E-state index is 14.8. The van der Waals surface area contributed by atoms with Crippen LogP contribution in [0.1, 0.15) is 152 Å². The number of esters is 1. The van der Waals surface area contributed by atoms with E-state index in [-0.39, 0.29) is 67.0 Å². The molecule has 3 aromatic rings. The number of thiazole rings is 1. The molecule has 19 nitrogen and oxygen atoms in total. The van der Waals surface area contributed by atoms with Crippen molar-refractivity contribution in [2.24, 2.45) is 29.4 Å². The first kappa shape index (κ1) is 62.7. The van der Waals surface area contributed by atoms with Gasteiger partial charge in [-0.05, 0) is 67.6 Å². The molecular formula is C56H85N8O11S+. The number of nitrogens with one attached hydrogen (secondary N) is 4. The summed E-state index contributed by atoms with van der Waals surface area (Å²) < 4.78 is 6.24. The van der Waals surface area contributed by atoms with Crippen LogP contribution in [0.2, 0.25) is 0 Å². The van der Waals surface area contributed by atoms with Crippen molar-refractivity contribution >= 4 is 58.5 Å². The van der Waals surface area contributed by atoms with Crippen LogP contribution in [-0.4, -0.2) is 135 Å². The standard InChI is InChI=1S/C56H84N8O11S/c1-11-35(6)49(62-52(70)45-19-15-16-28-64(45,10)31-38-21-24-41(25-22-38)59-51(69)42(26-27-47(66)67)60-53(71)48(57)34(4)5)55(72)63(9)44(33(2)3)29-46(75-37(8)65)54-61-43(32-76-54)50(68)58-30-40(23-20-36(7)56(73)74)39-17-13-12-14-18-39/h12-14,17-18,21-22,24-25,32-36,40,42,44-49,66-67H,11,15-16,19-20,23,26-31,57H2,1-10H3,(H4-,58,59,60,62,68,69,70,71,73,74)/p+1/t35-,36-,40?,42-,44+,45+,46+,48-,49-,64?/m0/s1. The van der Waals surface area contributed by atoms with E-state index in [4.69, 9.17) is 10.5 Å². The number of carboxylic acid groups (broad SMARTS) is 1. The first-order chi connectivity index (χ1) is 35.8. The number of hydrogen-bond donors (Lipinski definition) is 8. The highest BCUT2D eigenvalue weighted by Crippen LogP contribution is 2.33. The average Bonchev–Trinajstić information content (AvgIpc) is 3.88. The van der Waals surface area contributed by atoms with Crippen LogP contribution in [0.5, 0.6) is 0 Å². The fourth-order valence-electron chi connectivity index (χ4n) is 9.72. The number of benzene rings is 2. The predicted octanol–water partition coefficient (Wildman–Crippen LogP) is 5.86. The van der Waals surface area contributed by atoms with E-state index in [2.05, 4.69) is 26.3 Å². The maximum Gasteiger partial charge on any atom is 0.306 e. The number of aliphatic hydroxyl groups excluding tert-OH is 1. The Morgan fingerprint density at radius 3 is 2.14 bits per heavy atom. The number of hydrogen-bond acceptors (Lipinski definition) is 13. The minimum Gasteiger partial charge on any atom is -0.481 e. The molecule has 76 heavy (non-hydrogen) atoms. The molecule has 4 rings (SSSR count). The Balaban J connectivity index is 1.47. The van der Waals surface area contributed by atoms with Crippen molar-refractivity contribution in [1.82, 2.24) is 25.8 Å². The summed E-state index contributed by atoms with van der Waals surface area (Å²) in [7, 11) is 3.74. The van der Waals surface area contributed by atoms with Gasteiger partial charge >= 0.3 is 11.9 Å². The number of aromatic nitrogens is 1. The van der Waals surface area contributed by atoms with Crippen molar-refractivity contribution in [3.63, 3.8) is 0 Å². The number of likely N-dealkylation sites (N-methyl/N-ethyl adjacent to an activating group) is 2. The lowest BCUT2D eigenvalue weighted by Crippen LogP contribution is -2.63. The van der Waals surface area contributed by atoms with Crippen LogP contribution in [0.3, 0.4) is 0 Å². The Bertz CT molecular complexity index is 2380. The quantitative estimate of drug-likeness (QED) is 0.0230. The van der Waals surface area contributed by atoms with Crippen LogP contribution in [0.15, 0.2) is 60.0 Å². The fourth-order valence-corrected chi connectivity index (χ4v) is 10.6. The summed E-state index contributed by atoms with van der Waals surface area (Å²) in [5, 5.41) is 42.0. The second-order valence-corrected chi connectivity index (χ2v) is 22.5. The molecule has 420 valence electrons. The van der Waals surface area contributed by atoms with Crippen molar-refractivity contribution in [3.05, 3.63) is 81.8 Å². The Morgan fingerprint density at radius 2 is 1.55 bits per heavy atom. The van der Waals surface area contributed by atoms with Crippen LogP contribution >= 0.6 is 11.3 Å². The summed E-state index contributed by atoms with van der Waals surface area (Å²) >= 11 is 1.17. The smallest absolute Gasteiger partial charge is 0.306 e. The summed E-state index contributed by atoms with van der Waals surface area (Å²) in [6.07, 6.45) is 1.37. The van der Waals surface area contributed by atoms with E-state index in [1.54, 1.807) is 50.2 Å². The number of piperidine rings is 1. The highest BCUT2D eigenvalue weighted by molar-refractivity contribution is 7.09. The second-order valence-electron chi connectivity index (χ2n) is 21.6. The van der Waals surface area contributed by atoms with E-state index in [9.17, 15) is 48.9 Å². The summed E-state index contributed by atoms with van der Waals surface area (Å²) in [6, 6.07) is 13.1. The van der Waals surface area contributed by atoms with Gasteiger partial charge in [0.05, 0.1) is 25.6 Å². The first-order valence-electron chi connectivity index (χ1n) is 26.8. The molecule has 1 saturated heterocycles. The third-order valence-corrected chi connectivity index (χ3v) is 15.9. The SMILES string of the molecule is CC[C@H](C)[C@H](NC(=O)[C@H]1CCCC[N+]1(C)Cc1ccc(NC(=O)[C@H](CCC(O)O)NC(=O)[C@@H](N)C(C)C)cc1)C(=O)N(C)[C@H](C[C@@H](OC(C)=O)c1nc(C(=O)NCC(CC[C@H](C)C(=O)O)c2ccccc2)cs1)C(C)C. The van der Waals surface area contributed by atoms with Gasteiger partial charge < -0.3 is 56.4 Å². The molecule has 0 radical (unpaired) electrons. The fraction of sp³-hybridized carbons (Fsp3) is 0.607. The van der Waals surface area contributed by atoms with E-state index in [1.165, 1.54) is 18.3 Å². The molecule has 0 aliphatic carbocycles. The molecule has 1 aromatic heterocycles. The van der Waals surface area contributed by atoms with E-state index < -0.39 is 78.2 Å². The lowest BCUT2D eigenvalue weighted by molar-refractivity contribution is -0.942. The van der Waals surface area contributed by atoms with Crippen molar-refractivity contribution < 1.29 is 58.1 Å². The van der Waals surface area contributed by atoms with Crippen LogP contribution in [-0.2, 0) is 40.0 Å². The number of quaternary nitrogens is 1. The van der Waals surface area contributed by atoms with Crippen molar-refractivity contribution in [2.45, 2.75) is 168 Å². The van der Waals surface area contributed by atoms with E-state index in [0.717, 1.165) is 24.0 Å². The van der Waals surface area contributed by atoms with Gasteiger partial charge in [0, 0.05) is 68.4 Å². The third-order valence-electron chi connectivity index (χ3n) is 14.9. The molecule has 0 saturated carbocycles. The number of carbonyl (C=O) groups is 7. The normalized spacial score (nSPS) is 18.8. The monoisotopic (exact) mass is 1080 g/mol. The molecule has 20 heteroatoms. The van der Waals surface area contributed by atoms with Crippen LogP contribution in [0, 0.1) is 23.7 Å². The molecule has 9 N–H and O–H groups in total. The highest BCUT2D eigenvalue weighted by Gasteiger charge is 2.43. The number of nitrogens with zero attached hydrogens (tertiary/aromatic N) is 3. The number of ether oxygens (including phenoxy) is 1. The van der Waals surface area contributed by atoms with E-state index in [0.29, 0.717) is 54.0 Å². The van der Waals surface area contributed by atoms with E-state index in [1.807, 2.05) is 77.2 Å². The molecule has 1 aliphatic rings. The molecule has 2 aromatic carbocycles. The van der Waals surface area contributed by atoms with Gasteiger partial charge in [-0.25, -0.2) is 4.98 Å². The minimum atomic E-state index is -1.66. The van der Waals surface area contributed by atoms with Gasteiger partial charge in [0.15, 0.2) is 18.4 Å². The second kappa shape index (κ2) is 29.6. The maximum absolute atomic E-state index is 14.8. The predicted molar refractivity (Wildman–Crippen MR) is 291 cm³/mol. The minimum absolute atomic E-state index is 0.0255. The molecule has 10 atom stereocenters. The third kappa shape index (κ3) is 18.5. The molecule has 2 heterocycles. The van der Waals surface area contributed by atoms with Gasteiger partial charge in [0.1, 0.15) is 29.3 Å². The number of likely N-dealkylation sites (tertiary alicyclic amines) is 1. The van der Waals surface area contributed by atoms with E-state index >= 15 is 0 Å². The van der Waals surface area contributed by atoms with Crippen LogP contribution < -0.4 is 27.0 Å². The zero-order valence-corrected chi connectivity index (χ0v) is 46.9. The Morgan fingerprint density at radius 1 is 0.882 bits per heavy atom. The van der Waals surface area contributed by atoms with Crippen molar-refractivity contribution in [3.8, 4) is 0 Å². The molecule has 0 bridgehead atoms. The molecule has 2 unspecified atom stereocenters. The Labute approximate surface area is 452 Å². The Kier molecular flexibility index (Phi) is 24.5. The number of carbonyl (C=O) groups excluding carboxylic acids is 6. The van der Waals surface area contributed by atoms with Gasteiger partial charge in [-0.3, -0.25) is 33.6 Å². The lowest BCUT2D eigenvalue weighted by Gasteiger charge is -2.44. The number of aliphatic hydroxyl groups is 2. The Hall–Kier alpha value is -5.80. The first-order valence-corrected chi connectivity index (χ1v) is 27.6. The molecule has 1 fully saturated rings. The van der Waals surface area contributed by atoms with Gasteiger partial charge in [-0.1, -0.05) is 97.4 Å². The van der Waals surface area contributed by atoms with Gasteiger partial charge in [-0.2, -0.15) is 0 Å². The molecular weight excluding hydrogens is 993 g/mol. The highest BCUT2D eigenvalue weighted by atomic mass is 32.1. The summed E-state index contributed by atoms with van der Waals surface area (Å²) in [6.45, 7) is 15.8. The summed E-state index contributed by atoms with van der Waals surface area (Å²) in [4.78, 5) is 99.5. The number of amides is 5. The lowest BCUT2D eigenvalue weighted by atomic mass is 9.90. The van der Waals surface area contributed by atoms with Crippen LogP contribution in [0.25, 0.3) is 0 Å². The number of rotatable bonds is 29. The zero-order valence-electron chi connectivity index (χ0n) is 46.1. The zero-order chi connectivity index (χ0) is 56.4. The van der Waals surface area contributed by atoms with Crippen molar-refractivity contribution in [2.75, 3.05) is 32.5 Å². The van der Waals surface area contributed by atoms with Crippen LogP contribution in [0.4, 0.5) is 5.69 Å². The molecule has 1 aliphatic heterocycles. The summed E-state index contributed by atoms with van der Waals surface area (Å²) in [5.41, 5.74) is 8.50. The number of aliphatic carboxylic acids is 1. The average molecular weight is 1080 g/mol. The number of nitrogens with two attached hydrogens (primary N) is 1. The van der Waals surface area contributed by atoms with Gasteiger partial charge in [0.2, 0.25) is 17.7 Å². The topological polar surface area (TPSA) is 280 Å². The van der Waals surface area contributed by atoms with Gasteiger partial charge in [0.25, 0.3) is 11.8 Å². The summed E-state index contributed by atoms with van der Waals surface area (Å²) in [5.74, 6) is -4.65. The number of carboxylic acids is 1. The van der Waals surface area contributed by atoms with Crippen molar-refractivity contribution in [1.29, 1.82) is 0 Å². The molecule has 5 amide bonds.